The second-order valence-corrected chi connectivity index (χ2v) is 3.38. The highest BCUT2D eigenvalue weighted by atomic mass is 31.2. The van der Waals surface area contributed by atoms with Crippen LogP contribution in [0.5, 0.6) is 0 Å². The zero-order valence-electron chi connectivity index (χ0n) is 7.03. The Bertz CT molecular complexity index is 240. The zero-order valence-corrected chi connectivity index (χ0v) is 7.93. The maximum Gasteiger partial charge on any atom is 0.513 e. The lowest BCUT2D eigenvalue weighted by atomic mass is 10.5. The molecule has 13 heavy (non-hydrogen) atoms. The third-order valence-corrected chi connectivity index (χ3v) is 1.97. The van der Waals surface area contributed by atoms with E-state index in [0.29, 0.717) is 0 Å². The van der Waals surface area contributed by atoms with Crippen LogP contribution in [0.25, 0.3) is 0 Å². The maximum atomic E-state index is 12.7. The first-order valence-electron chi connectivity index (χ1n) is 3.58. The standard InChI is InChI=1S/C8H10FO3P/c1-3-5-7-11-13(9,10)12-8-6-4-2/h1-2H,5-8H2. The van der Waals surface area contributed by atoms with Gasteiger partial charge < -0.3 is 0 Å². The Kier molecular flexibility index (Phi) is 6.28. The molecule has 0 N–H and O–H groups in total. The van der Waals surface area contributed by atoms with E-state index in [9.17, 15) is 8.76 Å². The van der Waals surface area contributed by atoms with Crippen molar-refractivity contribution in [2.45, 2.75) is 12.8 Å². The fourth-order valence-electron chi connectivity index (χ4n) is 0.464. The lowest BCUT2D eigenvalue weighted by Crippen LogP contribution is -1.94. The zero-order chi connectivity index (χ0) is 10.2. The molecular formula is C8H10FO3P. The van der Waals surface area contributed by atoms with Crippen LogP contribution in [0.1, 0.15) is 12.8 Å². The molecule has 0 saturated carbocycles. The molecule has 0 aromatic rings. The van der Waals surface area contributed by atoms with Gasteiger partial charge in [-0.1, -0.05) is 0 Å². The van der Waals surface area contributed by atoms with Crippen molar-refractivity contribution in [3.8, 4) is 24.7 Å². The molecular weight excluding hydrogens is 194 g/mol. The van der Waals surface area contributed by atoms with E-state index in [0.717, 1.165) is 0 Å². The molecule has 0 aliphatic carbocycles. The number of hydrogen-bond acceptors (Lipinski definition) is 3. The summed E-state index contributed by atoms with van der Waals surface area (Å²) in [5, 5.41) is 0. The van der Waals surface area contributed by atoms with Crippen LogP contribution in [0.15, 0.2) is 0 Å². The van der Waals surface area contributed by atoms with Gasteiger partial charge in [-0.25, -0.2) is 4.57 Å². The van der Waals surface area contributed by atoms with Crippen LogP contribution in [-0.2, 0) is 13.6 Å². The van der Waals surface area contributed by atoms with Crippen molar-refractivity contribution in [2.24, 2.45) is 0 Å². The van der Waals surface area contributed by atoms with Gasteiger partial charge in [-0.2, -0.15) is 0 Å². The number of rotatable bonds is 6. The second-order valence-electron chi connectivity index (χ2n) is 2.01. The minimum absolute atomic E-state index is 0.125. The smallest absolute Gasteiger partial charge is 0.283 e. The largest absolute Gasteiger partial charge is 0.513 e. The minimum Gasteiger partial charge on any atom is -0.283 e. The Morgan fingerprint density at radius 1 is 1.15 bits per heavy atom. The summed E-state index contributed by atoms with van der Waals surface area (Å²) in [7, 11) is -4.44. The van der Waals surface area contributed by atoms with Crippen molar-refractivity contribution < 1.29 is 17.8 Å². The highest BCUT2D eigenvalue weighted by Gasteiger charge is 2.22. The van der Waals surface area contributed by atoms with Crippen LogP contribution in [0.2, 0.25) is 0 Å². The van der Waals surface area contributed by atoms with E-state index in [1.54, 1.807) is 0 Å². The predicted octanol–water partition coefficient (Wildman–Crippen LogP) is 2.14. The molecule has 0 rings (SSSR count). The van der Waals surface area contributed by atoms with Gasteiger partial charge in [-0.15, -0.1) is 28.9 Å². The average Bonchev–Trinajstić information content (AvgIpc) is 2.05. The molecule has 0 atom stereocenters. The quantitative estimate of drug-likeness (QED) is 0.377. The molecule has 0 radical (unpaired) electrons. The number of hydrogen-bond donors (Lipinski definition) is 0. The summed E-state index contributed by atoms with van der Waals surface area (Å²) >= 11 is 0. The maximum absolute atomic E-state index is 12.7. The Hall–Kier alpha value is -0.800. The third kappa shape index (κ3) is 7.56. The van der Waals surface area contributed by atoms with Gasteiger partial charge in [0.2, 0.25) is 0 Å². The van der Waals surface area contributed by atoms with E-state index >= 15 is 0 Å². The summed E-state index contributed by atoms with van der Waals surface area (Å²) in [6.45, 7) is -0.249. The molecule has 0 amide bonds. The summed E-state index contributed by atoms with van der Waals surface area (Å²) in [4.78, 5) is 0. The van der Waals surface area contributed by atoms with Gasteiger partial charge in [0.1, 0.15) is 0 Å². The van der Waals surface area contributed by atoms with Gasteiger partial charge in [-0.05, 0) is 0 Å². The van der Waals surface area contributed by atoms with Crippen molar-refractivity contribution in [1.29, 1.82) is 0 Å². The topological polar surface area (TPSA) is 35.5 Å². The monoisotopic (exact) mass is 204 g/mol. The van der Waals surface area contributed by atoms with Gasteiger partial charge in [0.25, 0.3) is 0 Å². The molecule has 72 valence electrons. The van der Waals surface area contributed by atoms with E-state index in [-0.39, 0.29) is 26.1 Å². The first-order chi connectivity index (χ1) is 6.12. The predicted molar refractivity (Wildman–Crippen MR) is 47.5 cm³/mol. The molecule has 0 aliphatic heterocycles. The van der Waals surface area contributed by atoms with E-state index < -0.39 is 7.91 Å². The number of halogens is 1. The molecule has 0 aromatic heterocycles. The highest BCUT2D eigenvalue weighted by Crippen LogP contribution is 2.49. The highest BCUT2D eigenvalue weighted by molar-refractivity contribution is 7.48. The summed E-state index contributed by atoms with van der Waals surface area (Å²) in [5.41, 5.74) is 0. The Balaban J connectivity index is 3.63. The first kappa shape index (κ1) is 12.2. The van der Waals surface area contributed by atoms with Crippen molar-refractivity contribution >= 4 is 7.91 Å². The Labute approximate surface area is 77.3 Å². The molecule has 0 spiro atoms. The Morgan fingerprint density at radius 2 is 1.54 bits per heavy atom. The van der Waals surface area contributed by atoms with Gasteiger partial charge in [-0.3, -0.25) is 9.05 Å². The SMILES string of the molecule is C#CCCOP(=O)(F)OCCC#C. The number of terminal acetylenes is 2. The lowest BCUT2D eigenvalue weighted by molar-refractivity contribution is 0.180. The van der Waals surface area contributed by atoms with Crippen LogP contribution in [0.4, 0.5) is 4.20 Å². The molecule has 3 nitrogen and oxygen atoms in total. The summed E-state index contributed by atoms with van der Waals surface area (Å²) < 4.78 is 32.0. The van der Waals surface area contributed by atoms with Crippen LogP contribution >= 0.6 is 7.91 Å². The normalized spacial score (nSPS) is 10.4. The van der Waals surface area contributed by atoms with E-state index in [2.05, 4.69) is 20.9 Å². The van der Waals surface area contributed by atoms with Crippen LogP contribution < -0.4 is 0 Å². The van der Waals surface area contributed by atoms with E-state index in [4.69, 9.17) is 12.8 Å². The molecule has 0 aromatic carbocycles. The first-order valence-corrected chi connectivity index (χ1v) is 5.01. The van der Waals surface area contributed by atoms with Gasteiger partial charge in [0.15, 0.2) is 0 Å². The average molecular weight is 204 g/mol. The summed E-state index contributed by atoms with van der Waals surface area (Å²) in [6, 6.07) is 0. The molecule has 0 bridgehead atoms. The molecule has 0 saturated heterocycles. The fourth-order valence-corrected chi connectivity index (χ4v) is 1.16. The molecule has 0 unspecified atom stereocenters. The molecule has 0 heterocycles. The van der Waals surface area contributed by atoms with Crippen LogP contribution in [0.3, 0.4) is 0 Å². The van der Waals surface area contributed by atoms with Crippen molar-refractivity contribution in [1.82, 2.24) is 0 Å². The van der Waals surface area contributed by atoms with E-state index in [1.165, 1.54) is 0 Å². The van der Waals surface area contributed by atoms with Crippen molar-refractivity contribution in [3.05, 3.63) is 0 Å². The Morgan fingerprint density at radius 3 is 1.85 bits per heavy atom. The minimum atomic E-state index is -4.44. The molecule has 0 aliphatic rings. The molecule has 0 fully saturated rings. The van der Waals surface area contributed by atoms with Gasteiger partial charge >= 0.3 is 7.91 Å². The summed E-state index contributed by atoms with van der Waals surface area (Å²) in [6.07, 6.45) is 10.1. The molecule has 5 heteroatoms. The van der Waals surface area contributed by atoms with Crippen LogP contribution in [0, 0.1) is 24.7 Å². The second kappa shape index (κ2) is 6.69. The van der Waals surface area contributed by atoms with Crippen LogP contribution in [-0.4, -0.2) is 13.2 Å². The fraction of sp³-hybridized carbons (Fsp3) is 0.500. The van der Waals surface area contributed by atoms with Crippen molar-refractivity contribution in [3.63, 3.8) is 0 Å². The van der Waals surface area contributed by atoms with Gasteiger partial charge in [0.05, 0.1) is 13.2 Å². The lowest BCUT2D eigenvalue weighted by Gasteiger charge is -2.07. The van der Waals surface area contributed by atoms with Crippen molar-refractivity contribution in [2.75, 3.05) is 13.2 Å². The van der Waals surface area contributed by atoms with E-state index in [1.807, 2.05) is 0 Å². The van der Waals surface area contributed by atoms with Gasteiger partial charge in [0, 0.05) is 12.8 Å². The summed E-state index contributed by atoms with van der Waals surface area (Å²) in [5.74, 6) is 4.41. The third-order valence-electron chi connectivity index (χ3n) is 0.984.